The zero-order valence-electron chi connectivity index (χ0n) is 15.7. The van der Waals surface area contributed by atoms with Gasteiger partial charge in [-0.15, -0.1) is 0 Å². The first-order valence-electron chi connectivity index (χ1n) is 9.84. The van der Waals surface area contributed by atoms with E-state index < -0.39 is 0 Å². The molecule has 3 atom stereocenters. The van der Waals surface area contributed by atoms with E-state index in [-0.39, 0.29) is 35.5 Å². The zero-order chi connectivity index (χ0) is 20.0. The molecule has 3 aliphatic rings. The van der Waals surface area contributed by atoms with E-state index in [4.69, 9.17) is 4.99 Å². The van der Waals surface area contributed by atoms with Crippen LogP contribution in [-0.4, -0.2) is 27.8 Å². The third-order valence-electron chi connectivity index (χ3n) is 5.95. The van der Waals surface area contributed by atoms with Crippen molar-refractivity contribution >= 4 is 28.9 Å². The Kier molecular flexibility index (Phi) is 4.74. The first-order valence-corrected chi connectivity index (χ1v) is 10.8. The van der Waals surface area contributed by atoms with Crippen molar-refractivity contribution in [1.29, 1.82) is 0 Å². The normalized spacial score (nSPS) is 27.6. The molecule has 0 bridgehead atoms. The monoisotopic (exact) mass is 410 g/mol. The van der Waals surface area contributed by atoms with Crippen molar-refractivity contribution in [1.82, 2.24) is 4.90 Å². The summed E-state index contributed by atoms with van der Waals surface area (Å²) >= 11 is 1.48. The van der Waals surface area contributed by atoms with Crippen LogP contribution in [0.1, 0.15) is 36.4 Å². The van der Waals surface area contributed by atoms with Gasteiger partial charge in [0.1, 0.15) is 11.6 Å². The first kappa shape index (κ1) is 18.6. The summed E-state index contributed by atoms with van der Waals surface area (Å²) in [4.78, 5) is 19.4. The molecule has 148 valence electrons. The third-order valence-corrected chi connectivity index (χ3v) is 6.91. The topological polar surface area (TPSA) is 32.7 Å². The summed E-state index contributed by atoms with van der Waals surface area (Å²) in [6.45, 7) is 0. The molecule has 2 aliphatic heterocycles. The van der Waals surface area contributed by atoms with E-state index in [0.29, 0.717) is 5.75 Å². The smallest absolute Gasteiger partial charge is 0.239 e. The molecule has 2 aromatic rings. The molecule has 1 amide bonds. The van der Waals surface area contributed by atoms with Gasteiger partial charge < -0.3 is 0 Å². The van der Waals surface area contributed by atoms with Crippen LogP contribution in [0.4, 0.5) is 8.78 Å². The summed E-state index contributed by atoms with van der Waals surface area (Å²) in [6, 6.07) is 12.8. The van der Waals surface area contributed by atoms with Gasteiger partial charge >= 0.3 is 0 Å². The average molecular weight is 410 g/mol. The summed E-state index contributed by atoms with van der Waals surface area (Å²) < 4.78 is 26.8. The van der Waals surface area contributed by atoms with E-state index in [1.807, 2.05) is 4.90 Å². The Bertz CT molecular complexity index is 1000. The highest BCUT2D eigenvalue weighted by molar-refractivity contribution is 8.15. The second-order valence-corrected chi connectivity index (χ2v) is 8.67. The predicted molar refractivity (Wildman–Crippen MR) is 111 cm³/mol. The third kappa shape index (κ3) is 3.39. The van der Waals surface area contributed by atoms with Crippen LogP contribution in [0.15, 0.2) is 59.1 Å². The van der Waals surface area contributed by atoms with Crippen molar-refractivity contribution in [2.75, 3.05) is 5.75 Å². The zero-order valence-corrected chi connectivity index (χ0v) is 16.5. The second kappa shape index (κ2) is 7.41. The molecular weight excluding hydrogens is 390 g/mol. The molecule has 2 heterocycles. The van der Waals surface area contributed by atoms with Gasteiger partial charge in [-0.1, -0.05) is 42.1 Å². The summed E-state index contributed by atoms with van der Waals surface area (Å²) in [5, 5.41) is 0.762. The molecule has 3 nitrogen and oxygen atoms in total. The van der Waals surface area contributed by atoms with E-state index in [2.05, 4.69) is 6.08 Å². The highest BCUT2D eigenvalue weighted by Crippen LogP contribution is 2.48. The number of aliphatic imine (C=N–C) groups is 1. The molecule has 0 radical (unpaired) electrons. The number of carbonyl (C=O) groups excluding carboxylic acids is 1. The number of amides is 1. The number of halogens is 2. The molecule has 1 saturated heterocycles. The molecular formula is C23H20F2N2OS. The molecule has 1 aliphatic carbocycles. The minimum absolute atomic E-state index is 0.0199. The summed E-state index contributed by atoms with van der Waals surface area (Å²) in [7, 11) is 0. The molecule has 0 N–H and O–H groups in total. The molecule has 1 saturated carbocycles. The first-order chi connectivity index (χ1) is 14.1. The van der Waals surface area contributed by atoms with E-state index in [1.165, 1.54) is 41.6 Å². The highest BCUT2D eigenvalue weighted by atomic mass is 32.2. The van der Waals surface area contributed by atoms with Crippen molar-refractivity contribution < 1.29 is 13.6 Å². The molecule has 29 heavy (non-hydrogen) atoms. The number of fused-ring (bicyclic) bond motifs is 2. The van der Waals surface area contributed by atoms with Crippen molar-refractivity contribution in [3.05, 3.63) is 76.9 Å². The van der Waals surface area contributed by atoms with Crippen LogP contribution in [0.5, 0.6) is 0 Å². The quantitative estimate of drug-likeness (QED) is 0.681. The number of benzene rings is 2. The molecule has 2 aromatic carbocycles. The molecule has 0 aromatic heterocycles. The van der Waals surface area contributed by atoms with Gasteiger partial charge in [0.2, 0.25) is 5.91 Å². The lowest BCUT2D eigenvalue weighted by Crippen LogP contribution is -2.47. The Balaban J connectivity index is 1.57. The number of rotatable bonds is 2. The van der Waals surface area contributed by atoms with Crippen molar-refractivity contribution in [2.45, 2.75) is 31.3 Å². The fourth-order valence-electron chi connectivity index (χ4n) is 4.67. The Hall–Kier alpha value is -2.47. The van der Waals surface area contributed by atoms with Gasteiger partial charge in [-0.2, -0.15) is 0 Å². The fourth-order valence-corrected chi connectivity index (χ4v) is 5.61. The van der Waals surface area contributed by atoms with E-state index in [1.54, 1.807) is 24.3 Å². The summed E-state index contributed by atoms with van der Waals surface area (Å²) in [5.74, 6) is 0.0769. The number of nitrogens with zero attached hydrogens (tertiary/aromatic N) is 2. The number of carbonyl (C=O) groups is 1. The van der Waals surface area contributed by atoms with Crippen LogP contribution in [-0.2, 0) is 4.79 Å². The van der Waals surface area contributed by atoms with Gasteiger partial charge in [-0.3, -0.25) is 14.7 Å². The molecule has 3 unspecified atom stereocenters. The lowest BCUT2D eigenvalue weighted by Gasteiger charge is -2.44. The van der Waals surface area contributed by atoms with Crippen molar-refractivity contribution in [2.24, 2.45) is 10.9 Å². The fraction of sp³-hybridized carbons (Fsp3) is 0.304. The van der Waals surface area contributed by atoms with Gasteiger partial charge in [-0.25, -0.2) is 8.78 Å². The van der Waals surface area contributed by atoms with Gasteiger partial charge in [0.15, 0.2) is 5.17 Å². The molecule has 6 heteroatoms. The summed E-state index contributed by atoms with van der Waals surface area (Å²) in [5.41, 5.74) is 3.12. The van der Waals surface area contributed by atoms with Gasteiger partial charge in [0, 0.05) is 5.92 Å². The van der Waals surface area contributed by atoms with Crippen molar-refractivity contribution in [3.8, 4) is 0 Å². The Labute approximate surface area is 172 Å². The second-order valence-electron chi connectivity index (χ2n) is 7.73. The Morgan fingerprint density at radius 2 is 1.72 bits per heavy atom. The van der Waals surface area contributed by atoms with Crippen LogP contribution in [0.25, 0.3) is 6.08 Å². The van der Waals surface area contributed by atoms with Crippen LogP contribution in [0, 0.1) is 17.6 Å². The number of amidine groups is 1. The standard InChI is InChI=1S/C23H20F2N2OS/c24-17-8-4-14(5-9-17)12-16-2-1-3-19-21(16)26-23-27(20(28)13-29-23)22(19)15-6-10-18(25)11-7-15/h4-12,19,21-22H,1-3,13H2/b16-12-. The number of hydrogen-bond acceptors (Lipinski definition) is 3. The van der Waals surface area contributed by atoms with Gasteiger partial charge in [0.05, 0.1) is 17.8 Å². The lowest BCUT2D eigenvalue weighted by atomic mass is 9.73. The molecule has 5 rings (SSSR count). The average Bonchev–Trinajstić information content (AvgIpc) is 3.10. The van der Waals surface area contributed by atoms with Crippen LogP contribution >= 0.6 is 11.8 Å². The van der Waals surface area contributed by atoms with Crippen molar-refractivity contribution in [3.63, 3.8) is 0 Å². The maximum atomic E-state index is 13.5. The van der Waals surface area contributed by atoms with Crippen LogP contribution in [0.2, 0.25) is 0 Å². The molecule has 2 fully saturated rings. The summed E-state index contributed by atoms with van der Waals surface area (Å²) in [6.07, 6.45) is 5.01. The number of thioether (sulfide) groups is 1. The van der Waals surface area contributed by atoms with Crippen LogP contribution < -0.4 is 0 Å². The minimum Gasteiger partial charge on any atom is -0.283 e. The highest BCUT2D eigenvalue weighted by Gasteiger charge is 2.47. The number of hydrogen-bond donors (Lipinski definition) is 0. The molecule has 0 spiro atoms. The van der Waals surface area contributed by atoms with Crippen LogP contribution in [0.3, 0.4) is 0 Å². The Morgan fingerprint density at radius 1 is 1.03 bits per heavy atom. The van der Waals surface area contributed by atoms with E-state index in [0.717, 1.165) is 35.6 Å². The largest absolute Gasteiger partial charge is 0.283 e. The van der Waals surface area contributed by atoms with E-state index >= 15 is 0 Å². The SMILES string of the molecule is O=C1CSC2=NC3/C(=C\c4ccc(F)cc4)CCCC3C(c3ccc(F)cc3)N12. The van der Waals surface area contributed by atoms with Gasteiger partial charge in [0.25, 0.3) is 0 Å². The predicted octanol–water partition coefficient (Wildman–Crippen LogP) is 5.20. The lowest BCUT2D eigenvalue weighted by molar-refractivity contribution is -0.127. The van der Waals surface area contributed by atoms with E-state index in [9.17, 15) is 13.6 Å². The van der Waals surface area contributed by atoms with Gasteiger partial charge in [-0.05, 0) is 60.2 Å². The Morgan fingerprint density at radius 3 is 2.45 bits per heavy atom. The maximum absolute atomic E-state index is 13.5. The maximum Gasteiger partial charge on any atom is 0.239 e. The minimum atomic E-state index is -0.280.